The van der Waals surface area contributed by atoms with Crippen LogP contribution in [0.5, 0.6) is 0 Å². The normalized spacial score (nSPS) is 26.8. The van der Waals surface area contributed by atoms with Crippen LogP contribution in [0.15, 0.2) is 0 Å². The standard InChI is InChI=1S/C7H15NO2S/c1-11(9,10)6-7-3-2-4-8-5-7/h7-8H,2-6H2,1H3. The Morgan fingerprint density at radius 2 is 2.27 bits per heavy atom. The third-order valence-electron chi connectivity index (χ3n) is 1.94. The Balaban J connectivity index is 2.36. The number of piperidine rings is 1. The molecule has 1 aliphatic rings. The predicted octanol–water partition coefficient (Wildman–Crippen LogP) is 0.0306. The van der Waals surface area contributed by atoms with Gasteiger partial charge in [0.2, 0.25) is 0 Å². The molecule has 0 bridgehead atoms. The van der Waals surface area contributed by atoms with Crippen molar-refractivity contribution in [3.63, 3.8) is 0 Å². The summed E-state index contributed by atoms with van der Waals surface area (Å²) in [4.78, 5) is 0. The molecule has 0 saturated carbocycles. The van der Waals surface area contributed by atoms with Crippen LogP contribution in [0.1, 0.15) is 12.8 Å². The fourth-order valence-electron chi connectivity index (χ4n) is 1.49. The molecule has 11 heavy (non-hydrogen) atoms. The Hall–Kier alpha value is -0.0900. The third kappa shape index (κ3) is 3.72. The number of nitrogens with one attached hydrogen (secondary N) is 1. The molecule has 0 aromatic heterocycles. The minimum Gasteiger partial charge on any atom is -0.316 e. The maximum absolute atomic E-state index is 10.9. The average Bonchev–Trinajstić information content (AvgIpc) is 1.85. The van der Waals surface area contributed by atoms with E-state index in [0.29, 0.717) is 11.7 Å². The minimum absolute atomic E-state index is 0.346. The topological polar surface area (TPSA) is 46.2 Å². The summed E-state index contributed by atoms with van der Waals surface area (Å²) in [6, 6.07) is 0. The van der Waals surface area contributed by atoms with Crippen molar-refractivity contribution in [1.29, 1.82) is 0 Å². The SMILES string of the molecule is CS(=O)(=O)CC1CCCNC1. The van der Waals surface area contributed by atoms with Gasteiger partial charge in [-0.15, -0.1) is 0 Å². The van der Waals surface area contributed by atoms with E-state index in [-0.39, 0.29) is 0 Å². The summed E-state index contributed by atoms with van der Waals surface area (Å²) in [5.41, 5.74) is 0. The first-order chi connectivity index (χ1) is 5.08. The van der Waals surface area contributed by atoms with Gasteiger partial charge in [-0.05, 0) is 31.8 Å². The summed E-state index contributed by atoms with van der Waals surface area (Å²) in [5, 5.41) is 3.19. The number of hydrogen-bond donors (Lipinski definition) is 1. The molecule has 0 spiro atoms. The molecule has 1 unspecified atom stereocenters. The highest BCUT2D eigenvalue weighted by atomic mass is 32.2. The monoisotopic (exact) mass is 177 g/mol. The van der Waals surface area contributed by atoms with Gasteiger partial charge in [0.1, 0.15) is 9.84 Å². The molecule has 1 heterocycles. The molecule has 1 saturated heterocycles. The van der Waals surface area contributed by atoms with E-state index in [0.717, 1.165) is 25.9 Å². The van der Waals surface area contributed by atoms with Crippen LogP contribution in [0, 0.1) is 5.92 Å². The molecular weight excluding hydrogens is 162 g/mol. The van der Waals surface area contributed by atoms with Crippen molar-refractivity contribution in [3.05, 3.63) is 0 Å². The average molecular weight is 177 g/mol. The Morgan fingerprint density at radius 3 is 2.73 bits per heavy atom. The van der Waals surface area contributed by atoms with Crippen molar-refractivity contribution in [1.82, 2.24) is 5.32 Å². The van der Waals surface area contributed by atoms with Crippen LogP contribution in [0.25, 0.3) is 0 Å². The van der Waals surface area contributed by atoms with Gasteiger partial charge in [-0.1, -0.05) is 0 Å². The van der Waals surface area contributed by atoms with E-state index >= 15 is 0 Å². The van der Waals surface area contributed by atoms with Gasteiger partial charge in [0.05, 0.1) is 5.75 Å². The molecule has 0 aliphatic carbocycles. The fraction of sp³-hybridized carbons (Fsp3) is 1.00. The van der Waals surface area contributed by atoms with Crippen LogP contribution < -0.4 is 5.32 Å². The first-order valence-corrected chi connectivity index (χ1v) is 6.02. The Kier molecular flexibility index (Phi) is 2.90. The van der Waals surface area contributed by atoms with Crippen LogP contribution >= 0.6 is 0 Å². The van der Waals surface area contributed by atoms with Crippen molar-refractivity contribution in [2.75, 3.05) is 25.1 Å². The molecule has 66 valence electrons. The van der Waals surface area contributed by atoms with E-state index in [1.807, 2.05) is 0 Å². The lowest BCUT2D eigenvalue weighted by Gasteiger charge is -2.21. The summed E-state index contributed by atoms with van der Waals surface area (Å²) >= 11 is 0. The molecule has 1 aliphatic heterocycles. The highest BCUT2D eigenvalue weighted by Gasteiger charge is 2.17. The largest absolute Gasteiger partial charge is 0.316 e. The fourth-order valence-corrected chi connectivity index (χ4v) is 2.64. The zero-order valence-corrected chi connectivity index (χ0v) is 7.65. The summed E-state index contributed by atoms with van der Waals surface area (Å²) in [5.74, 6) is 0.693. The summed E-state index contributed by atoms with van der Waals surface area (Å²) in [7, 11) is -2.76. The second-order valence-corrected chi connectivity index (χ2v) is 5.49. The molecule has 1 atom stereocenters. The van der Waals surface area contributed by atoms with Crippen molar-refractivity contribution in [2.24, 2.45) is 5.92 Å². The van der Waals surface area contributed by atoms with Crippen molar-refractivity contribution in [2.45, 2.75) is 12.8 Å². The second kappa shape index (κ2) is 3.54. The summed E-state index contributed by atoms with van der Waals surface area (Å²) in [6.45, 7) is 1.91. The molecule has 1 rings (SSSR count). The molecule has 1 N–H and O–H groups in total. The van der Waals surface area contributed by atoms with E-state index in [1.165, 1.54) is 6.26 Å². The Labute approximate surface area is 68.1 Å². The summed E-state index contributed by atoms with van der Waals surface area (Å²) < 4.78 is 21.7. The van der Waals surface area contributed by atoms with Crippen LogP contribution in [-0.2, 0) is 9.84 Å². The molecule has 0 radical (unpaired) electrons. The highest BCUT2D eigenvalue weighted by molar-refractivity contribution is 7.90. The molecule has 0 aromatic carbocycles. The Morgan fingerprint density at radius 1 is 1.55 bits per heavy atom. The molecular formula is C7H15NO2S. The van der Waals surface area contributed by atoms with Gasteiger partial charge in [0, 0.05) is 6.26 Å². The third-order valence-corrected chi connectivity index (χ3v) is 3.01. The van der Waals surface area contributed by atoms with Crippen molar-refractivity contribution in [3.8, 4) is 0 Å². The quantitative estimate of drug-likeness (QED) is 0.647. The van der Waals surface area contributed by atoms with Gasteiger partial charge < -0.3 is 5.32 Å². The molecule has 0 aromatic rings. The van der Waals surface area contributed by atoms with Crippen LogP contribution in [0.4, 0.5) is 0 Å². The smallest absolute Gasteiger partial charge is 0.147 e. The van der Waals surface area contributed by atoms with Gasteiger partial charge in [-0.3, -0.25) is 0 Å². The minimum atomic E-state index is -2.76. The number of hydrogen-bond acceptors (Lipinski definition) is 3. The molecule has 4 heteroatoms. The van der Waals surface area contributed by atoms with Gasteiger partial charge in [-0.25, -0.2) is 8.42 Å². The maximum atomic E-state index is 10.9. The van der Waals surface area contributed by atoms with E-state index < -0.39 is 9.84 Å². The van der Waals surface area contributed by atoms with Gasteiger partial charge >= 0.3 is 0 Å². The molecule has 3 nitrogen and oxygen atoms in total. The first-order valence-electron chi connectivity index (χ1n) is 3.96. The van der Waals surface area contributed by atoms with Crippen LogP contribution in [0.3, 0.4) is 0 Å². The molecule has 1 fully saturated rings. The lowest BCUT2D eigenvalue weighted by Crippen LogP contribution is -2.33. The molecule has 0 amide bonds. The van der Waals surface area contributed by atoms with E-state index in [1.54, 1.807) is 0 Å². The zero-order chi connectivity index (χ0) is 8.32. The second-order valence-electron chi connectivity index (χ2n) is 3.30. The maximum Gasteiger partial charge on any atom is 0.147 e. The van der Waals surface area contributed by atoms with Crippen molar-refractivity contribution >= 4 is 9.84 Å². The van der Waals surface area contributed by atoms with Crippen LogP contribution in [-0.4, -0.2) is 33.5 Å². The predicted molar refractivity (Wildman–Crippen MR) is 45.3 cm³/mol. The van der Waals surface area contributed by atoms with E-state index in [4.69, 9.17) is 0 Å². The lowest BCUT2D eigenvalue weighted by molar-refractivity contribution is 0.404. The zero-order valence-electron chi connectivity index (χ0n) is 6.84. The lowest BCUT2D eigenvalue weighted by atomic mass is 10.0. The van der Waals surface area contributed by atoms with E-state index in [9.17, 15) is 8.42 Å². The summed E-state index contributed by atoms with van der Waals surface area (Å²) in [6.07, 6.45) is 3.47. The van der Waals surface area contributed by atoms with Gasteiger partial charge in [0.25, 0.3) is 0 Å². The first kappa shape index (κ1) is 9.00. The van der Waals surface area contributed by atoms with Gasteiger partial charge in [0.15, 0.2) is 0 Å². The number of sulfone groups is 1. The highest BCUT2D eigenvalue weighted by Crippen LogP contribution is 2.11. The van der Waals surface area contributed by atoms with Crippen LogP contribution in [0.2, 0.25) is 0 Å². The van der Waals surface area contributed by atoms with E-state index in [2.05, 4.69) is 5.32 Å². The van der Waals surface area contributed by atoms with Crippen molar-refractivity contribution < 1.29 is 8.42 Å². The van der Waals surface area contributed by atoms with Gasteiger partial charge in [-0.2, -0.15) is 0 Å². The number of rotatable bonds is 2. The Bertz CT molecular complexity index is 204.